The van der Waals surface area contributed by atoms with E-state index in [0.29, 0.717) is 5.41 Å². The van der Waals surface area contributed by atoms with E-state index in [9.17, 15) is 0 Å². The first-order valence-electron chi connectivity index (χ1n) is 6.82. The molecule has 1 rings (SSSR count). The Balaban J connectivity index is 2.32. The molecule has 0 unspecified atom stereocenters. The predicted molar refractivity (Wildman–Crippen MR) is 69.5 cm³/mol. The molecule has 15 heavy (non-hydrogen) atoms. The summed E-state index contributed by atoms with van der Waals surface area (Å²) in [6.45, 7) is 4.58. The zero-order valence-corrected chi connectivity index (χ0v) is 11.3. The maximum absolute atomic E-state index is 6.17. The minimum atomic E-state index is 0.513. The summed E-state index contributed by atoms with van der Waals surface area (Å²) >= 11 is 6.17. The molecule has 0 N–H and O–H groups in total. The van der Waals surface area contributed by atoms with Crippen molar-refractivity contribution in [3.05, 3.63) is 0 Å². The average Bonchev–Trinajstić information content (AvgIpc) is 2.29. The summed E-state index contributed by atoms with van der Waals surface area (Å²) in [5.74, 6) is 1.90. The number of unbranched alkanes of at least 4 members (excludes halogenated alkanes) is 1. The monoisotopic (exact) mass is 230 g/mol. The van der Waals surface area contributed by atoms with Gasteiger partial charge in [0.05, 0.1) is 0 Å². The average molecular weight is 231 g/mol. The van der Waals surface area contributed by atoms with Crippen LogP contribution in [-0.2, 0) is 0 Å². The molecule has 0 nitrogen and oxygen atoms in total. The molecule has 0 aromatic carbocycles. The van der Waals surface area contributed by atoms with Gasteiger partial charge in [-0.1, -0.05) is 39.5 Å². The van der Waals surface area contributed by atoms with E-state index in [2.05, 4.69) is 13.8 Å². The highest BCUT2D eigenvalue weighted by Crippen LogP contribution is 2.44. The third kappa shape index (κ3) is 3.98. The molecule has 0 saturated heterocycles. The maximum Gasteiger partial charge on any atom is 0.0280 e. The van der Waals surface area contributed by atoms with Crippen molar-refractivity contribution >= 4 is 11.6 Å². The fourth-order valence-corrected chi connectivity index (χ4v) is 3.45. The highest BCUT2D eigenvalue weighted by atomic mass is 35.5. The van der Waals surface area contributed by atoms with Crippen molar-refractivity contribution in [3.63, 3.8) is 0 Å². The van der Waals surface area contributed by atoms with Crippen molar-refractivity contribution in [2.45, 2.75) is 71.6 Å². The molecular weight excluding hydrogens is 204 g/mol. The fourth-order valence-electron chi connectivity index (χ4n) is 3.05. The van der Waals surface area contributed by atoms with Gasteiger partial charge in [0.2, 0.25) is 0 Å². The minimum absolute atomic E-state index is 0.513. The zero-order chi connectivity index (χ0) is 11.1. The Kier molecular flexibility index (Phi) is 6.04. The van der Waals surface area contributed by atoms with Gasteiger partial charge in [-0.2, -0.15) is 0 Å². The van der Waals surface area contributed by atoms with Crippen LogP contribution in [0, 0.1) is 11.3 Å². The molecule has 1 aliphatic carbocycles. The first kappa shape index (κ1) is 13.4. The SMILES string of the molecule is CCCCC1CCC(CCl)(CCC)CC1. The van der Waals surface area contributed by atoms with Gasteiger partial charge >= 0.3 is 0 Å². The molecule has 0 spiro atoms. The van der Waals surface area contributed by atoms with Crippen LogP contribution in [0.3, 0.4) is 0 Å². The molecule has 1 fully saturated rings. The second kappa shape index (κ2) is 6.78. The van der Waals surface area contributed by atoms with Crippen LogP contribution >= 0.6 is 11.6 Å². The smallest absolute Gasteiger partial charge is 0.0280 e. The lowest BCUT2D eigenvalue weighted by atomic mass is 9.68. The molecule has 0 atom stereocenters. The predicted octanol–water partition coefficient (Wildman–Crippen LogP) is 5.39. The summed E-state index contributed by atoms with van der Waals surface area (Å²) in [7, 11) is 0. The van der Waals surface area contributed by atoms with Gasteiger partial charge < -0.3 is 0 Å². The van der Waals surface area contributed by atoms with E-state index in [-0.39, 0.29) is 0 Å². The Labute approximate surface area is 101 Å². The van der Waals surface area contributed by atoms with Crippen molar-refractivity contribution in [2.24, 2.45) is 11.3 Å². The molecular formula is C14H27Cl. The van der Waals surface area contributed by atoms with Crippen LogP contribution in [0.4, 0.5) is 0 Å². The summed E-state index contributed by atoms with van der Waals surface area (Å²) in [5.41, 5.74) is 0.513. The van der Waals surface area contributed by atoms with Gasteiger partial charge in [-0.05, 0) is 43.4 Å². The highest BCUT2D eigenvalue weighted by molar-refractivity contribution is 6.18. The van der Waals surface area contributed by atoms with Crippen molar-refractivity contribution in [3.8, 4) is 0 Å². The van der Waals surface area contributed by atoms with Crippen LogP contribution in [0.1, 0.15) is 71.6 Å². The molecule has 0 bridgehead atoms. The van der Waals surface area contributed by atoms with Gasteiger partial charge in [0.25, 0.3) is 0 Å². The topological polar surface area (TPSA) is 0 Å². The van der Waals surface area contributed by atoms with Gasteiger partial charge in [0.15, 0.2) is 0 Å². The van der Waals surface area contributed by atoms with Crippen LogP contribution < -0.4 is 0 Å². The maximum atomic E-state index is 6.17. The lowest BCUT2D eigenvalue weighted by molar-refractivity contribution is 0.154. The largest absolute Gasteiger partial charge is 0.126 e. The molecule has 1 heteroatoms. The van der Waals surface area contributed by atoms with Crippen molar-refractivity contribution < 1.29 is 0 Å². The molecule has 0 heterocycles. The van der Waals surface area contributed by atoms with Crippen LogP contribution in [0.25, 0.3) is 0 Å². The highest BCUT2D eigenvalue weighted by Gasteiger charge is 2.33. The Bertz CT molecular complexity index is 157. The zero-order valence-electron chi connectivity index (χ0n) is 10.5. The van der Waals surface area contributed by atoms with E-state index in [1.165, 1.54) is 57.8 Å². The molecule has 0 aromatic rings. The molecule has 1 saturated carbocycles. The third-order valence-corrected chi connectivity index (χ3v) is 4.76. The summed E-state index contributed by atoms with van der Waals surface area (Å²) in [4.78, 5) is 0. The first-order chi connectivity index (χ1) is 7.26. The lowest BCUT2D eigenvalue weighted by Crippen LogP contribution is -2.29. The fraction of sp³-hybridized carbons (Fsp3) is 1.00. The number of hydrogen-bond acceptors (Lipinski definition) is 0. The quantitative estimate of drug-likeness (QED) is 0.537. The Hall–Kier alpha value is 0.290. The molecule has 0 amide bonds. The van der Waals surface area contributed by atoms with Crippen LogP contribution in [-0.4, -0.2) is 5.88 Å². The van der Waals surface area contributed by atoms with E-state index in [1.54, 1.807) is 0 Å². The molecule has 0 aliphatic heterocycles. The second-order valence-electron chi connectivity index (χ2n) is 5.47. The van der Waals surface area contributed by atoms with Crippen molar-refractivity contribution in [2.75, 3.05) is 5.88 Å². The van der Waals surface area contributed by atoms with E-state index in [1.807, 2.05) is 0 Å². The van der Waals surface area contributed by atoms with E-state index >= 15 is 0 Å². The van der Waals surface area contributed by atoms with Gasteiger partial charge in [-0.25, -0.2) is 0 Å². The number of halogens is 1. The first-order valence-corrected chi connectivity index (χ1v) is 7.35. The van der Waals surface area contributed by atoms with Gasteiger partial charge in [-0.3, -0.25) is 0 Å². The molecule has 90 valence electrons. The molecule has 0 radical (unpaired) electrons. The van der Waals surface area contributed by atoms with Crippen LogP contribution in [0.15, 0.2) is 0 Å². The minimum Gasteiger partial charge on any atom is -0.126 e. The Morgan fingerprint density at radius 3 is 2.27 bits per heavy atom. The summed E-state index contributed by atoms with van der Waals surface area (Å²) in [6.07, 6.45) is 12.5. The standard InChI is InChI=1S/C14H27Cl/c1-3-5-6-13-7-10-14(12-15,9-4-2)11-8-13/h13H,3-12H2,1-2H3. The van der Waals surface area contributed by atoms with E-state index < -0.39 is 0 Å². The summed E-state index contributed by atoms with van der Waals surface area (Å²) in [6, 6.07) is 0. The van der Waals surface area contributed by atoms with Crippen molar-refractivity contribution in [1.29, 1.82) is 0 Å². The van der Waals surface area contributed by atoms with Crippen LogP contribution in [0.2, 0.25) is 0 Å². The van der Waals surface area contributed by atoms with Gasteiger partial charge in [-0.15, -0.1) is 11.6 Å². The van der Waals surface area contributed by atoms with Crippen molar-refractivity contribution in [1.82, 2.24) is 0 Å². The Morgan fingerprint density at radius 2 is 1.80 bits per heavy atom. The number of alkyl halides is 1. The third-order valence-electron chi connectivity index (χ3n) is 4.20. The lowest BCUT2D eigenvalue weighted by Gasteiger charge is -2.39. The van der Waals surface area contributed by atoms with E-state index in [0.717, 1.165) is 11.8 Å². The molecule has 0 aromatic heterocycles. The van der Waals surface area contributed by atoms with Crippen LogP contribution in [0.5, 0.6) is 0 Å². The number of hydrogen-bond donors (Lipinski definition) is 0. The van der Waals surface area contributed by atoms with Gasteiger partial charge in [0.1, 0.15) is 0 Å². The summed E-state index contributed by atoms with van der Waals surface area (Å²) in [5, 5.41) is 0. The summed E-state index contributed by atoms with van der Waals surface area (Å²) < 4.78 is 0. The molecule has 1 aliphatic rings. The van der Waals surface area contributed by atoms with E-state index in [4.69, 9.17) is 11.6 Å². The van der Waals surface area contributed by atoms with Gasteiger partial charge in [0, 0.05) is 5.88 Å². The Morgan fingerprint density at radius 1 is 1.13 bits per heavy atom. The normalized spacial score (nSPS) is 31.8. The number of rotatable bonds is 6. The second-order valence-corrected chi connectivity index (χ2v) is 5.74.